The summed E-state index contributed by atoms with van der Waals surface area (Å²) in [4.78, 5) is 0. The van der Waals surface area contributed by atoms with Crippen molar-refractivity contribution in [3.8, 4) is 5.75 Å². The molecule has 0 bridgehead atoms. The van der Waals surface area contributed by atoms with Gasteiger partial charge < -0.3 is 9.05 Å². The van der Waals surface area contributed by atoms with Gasteiger partial charge in [0.1, 0.15) is 5.75 Å². The maximum atomic E-state index is 6.01. The zero-order chi connectivity index (χ0) is 25.1. The highest BCUT2D eigenvalue weighted by Crippen LogP contribution is 2.70. The van der Waals surface area contributed by atoms with E-state index in [2.05, 4.69) is 60.0 Å². The van der Waals surface area contributed by atoms with Gasteiger partial charge in [-0.1, -0.05) is 63.2 Å². The highest BCUT2D eigenvalue weighted by molar-refractivity contribution is 9.12. The van der Waals surface area contributed by atoms with Crippen molar-refractivity contribution in [2.24, 2.45) is 0 Å². The number of halogens is 2. The molecule has 3 nitrogen and oxygen atoms in total. The number of hydrogen-bond donors (Lipinski definition) is 1. The van der Waals surface area contributed by atoms with Crippen molar-refractivity contribution in [1.29, 1.82) is 0 Å². The van der Waals surface area contributed by atoms with Gasteiger partial charge in [-0.25, -0.2) is 5.09 Å². The van der Waals surface area contributed by atoms with Crippen LogP contribution in [0.25, 0.3) is 0 Å². The minimum atomic E-state index is -2.56. The van der Waals surface area contributed by atoms with E-state index in [1.165, 1.54) is 62.9 Å². The fourth-order valence-electron chi connectivity index (χ4n) is 2.07. The molecule has 0 aromatic heterocycles. The average molecular weight is 613 g/mol. The van der Waals surface area contributed by atoms with Gasteiger partial charge in [0.25, 0.3) is 0 Å². The molecule has 11 heteroatoms. The van der Waals surface area contributed by atoms with Gasteiger partial charge >= 0.3 is 6.64 Å². The maximum Gasteiger partial charge on any atom is 0.312 e. The largest absolute Gasteiger partial charge is 0.431 e. The van der Waals surface area contributed by atoms with Gasteiger partial charge in [-0.2, -0.15) is 0 Å². The van der Waals surface area contributed by atoms with Crippen LogP contribution in [0.1, 0.15) is 73.1 Å². The second-order valence-corrected chi connectivity index (χ2v) is 21.6. The average Bonchev–Trinajstić information content (AvgIpc) is 2.76. The first-order chi connectivity index (χ1) is 15.7. The molecule has 0 radical (unpaired) electrons. The summed E-state index contributed by atoms with van der Waals surface area (Å²) in [5.41, 5.74) is 0.155. The van der Waals surface area contributed by atoms with E-state index in [1.807, 2.05) is 13.8 Å². The molecule has 33 heavy (non-hydrogen) atoms. The smallest absolute Gasteiger partial charge is 0.312 e. The van der Waals surface area contributed by atoms with Gasteiger partial charge in [-0.05, 0) is 80.4 Å². The van der Waals surface area contributed by atoms with Crippen molar-refractivity contribution in [3.05, 3.63) is 28.2 Å². The first-order valence-electron chi connectivity index (χ1n) is 11.5. The quantitative estimate of drug-likeness (QED) is 0.138. The molecule has 1 aromatic rings. The lowest BCUT2D eigenvalue weighted by molar-refractivity contribution is 0.375. The third kappa shape index (κ3) is 18.5. The molecule has 0 spiro atoms. The fraction of sp³-hybridized carbons (Fsp3) is 0.727. The molecule has 0 heterocycles. The highest BCUT2D eigenvalue weighted by atomic mass is 35.5. The summed E-state index contributed by atoms with van der Waals surface area (Å²) in [7, 11) is 1.51. The molecule has 0 aliphatic carbocycles. The van der Waals surface area contributed by atoms with Crippen LogP contribution in [0.5, 0.6) is 5.75 Å². The zero-order valence-electron chi connectivity index (χ0n) is 20.8. The third-order valence-electron chi connectivity index (χ3n) is 3.85. The van der Waals surface area contributed by atoms with Crippen LogP contribution >= 0.6 is 69.5 Å². The van der Waals surface area contributed by atoms with Gasteiger partial charge in [-0.3, -0.25) is 0 Å². The molecule has 1 aromatic carbocycles. The zero-order valence-corrected chi connectivity index (χ0v) is 27.3. The standard InChI is InChI=1S/C12H27PS3.C10H14Cl2NO2PS/c1-4-7-10-14-13(15-11-8-5-2)16-12-9-6-3;1-7(2)13-16(17,14-3)15-10-5-4-8(11)6-9(10)12/h4-12H2,1-3H3;4-7H,1-3H3,(H,13,17). The number of nitrogens with one attached hydrogen (secondary N) is 1. The van der Waals surface area contributed by atoms with E-state index in [9.17, 15) is 0 Å². The van der Waals surface area contributed by atoms with E-state index < -0.39 is 6.64 Å². The van der Waals surface area contributed by atoms with Crippen LogP contribution in [0, 0.1) is 0 Å². The van der Waals surface area contributed by atoms with Gasteiger partial charge in [0, 0.05) is 18.2 Å². The number of hydrogen-bond acceptors (Lipinski definition) is 6. The Hall–Kier alpha value is 1.65. The molecule has 1 N–H and O–H groups in total. The predicted molar refractivity (Wildman–Crippen MR) is 166 cm³/mol. The van der Waals surface area contributed by atoms with Gasteiger partial charge in [0.05, 0.1) is 10.5 Å². The summed E-state index contributed by atoms with van der Waals surface area (Å²) in [6.07, 6.45) is 8.21. The second kappa shape index (κ2) is 21.7. The van der Waals surface area contributed by atoms with Crippen LogP contribution in [0.3, 0.4) is 0 Å². The Kier molecular flexibility index (Phi) is 22.8. The van der Waals surface area contributed by atoms with E-state index in [-0.39, 0.29) is 11.6 Å². The monoisotopic (exact) mass is 611 g/mol. The molecule has 1 unspecified atom stereocenters. The molecule has 0 fully saturated rings. The Morgan fingerprint density at radius 3 is 1.82 bits per heavy atom. The van der Waals surface area contributed by atoms with Gasteiger partial charge in [0.15, 0.2) is 0 Å². The third-order valence-corrected chi connectivity index (χ3v) is 18.4. The lowest BCUT2D eigenvalue weighted by Crippen LogP contribution is -2.22. The molecule has 1 atom stereocenters. The summed E-state index contributed by atoms with van der Waals surface area (Å²) in [6, 6.07) is 5.12. The molecule has 0 amide bonds. The van der Waals surface area contributed by atoms with Crippen molar-refractivity contribution in [2.45, 2.75) is 79.2 Å². The molecule has 1 rings (SSSR count). The first kappa shape index (κ1) is 34.6. The molecular weight excluding hydrogens is 571 g/mol. The highest BCUT2D eigenvalue weighted by Gasteiger charge is 2.21. The maximum absolute atomic E-state index is 6.01. The summed E-state index contributed by atoms with van der Waals surface area (Å²) in [5.74, 6) is 4.59. The van der Waals surface area contributed by atoms with Crippen LogP contribution in [0.15, 0.2) is 18.2 Å². The van der Waals surface area contributed by atoms with Gasteiger partial charge in [-0.15, -0.1) is 34.1 Å². The molecular formula is C22H41Cl2NO2P2S4. The van der Waals surface area contributed by atoms with Crippen LogP contribution in [-0.4, -0.2) is 30.4 Å². The lowest BCUT2D eigenvalue weighted by atomic mass is 10.3. The number of unbranched alkanes of at least 4 members (excludes halogenated alkanes) is 3. The van der Waals surface area contributed by atoms with Crippen molar-refractivity contribution in [3.63, 3.8) is 0 Å². The van der Waals surface area contributed by atoms with E-state index in [4.69, 9.17) is 44.1 Å². The predicted octanol–water partition coefficient (Wildman–Crippen LogP) is 11.1. The fourth-order valence-corrected chi connectivity index (χ4v) is 15.9. The van der Waals surface area contributed by atoms with Crippen LogP contribution in [0.4, 0.5) is 0 Å². The van der Waals surface area contributed by atoms with Gasteiger partial charge in [0.2, 0.25) is 0 Å². The second-order valence-electron chi connectivity index (χ2n) is 7.41. The van der Waals surface area contributed by atoms with Crippen molar-refractivity contribution < 1.29 is 9.05 Å². The SMILES string of the molecule is CCCCSP(SCCCC)SCCCC.COP(=S)(NC(C)C)Oc1ccc(Cl)cc1Cl. The minimum Gasteiger partial charge on any atom is -0.431 e. The van der Waals surface area contributed by atoms with Crippen LogP contribution < -0.4 is 9.61 Å². The van der Waals surface area contributed by atoms with Crippen molar-refractivity contribution >= 4 is 81.3 Å². The Morgan fingerprint density at radius 1 is 0.970 bits per heavy atom. The van der Waals surface area contributed by atoms with Crippen molar-refractivity contribution in [1.82, 2.24) is 5.09 Å². The Labute approximate surface area is 231 Å². The minimum absolute atomic E-state index is 0.155. The Bertz CT molecular complexity index is 652. The van der Waals surface area contributed by atoms with Crippen LogP contribution in [-0.2, 0) is 16.3 Å². The Morgan fingerprint density at radius 2 is 1.45 bits per heavy atom. The molecule has 0 aliphatic heterocycles. The molecule has 0 saturated heterocycles. The molecule has 0 saturated carbocycles. The summed E-state index contributed by atoms with van der Waals surface area (Å²) < 4.78 is 10.9. The molecule has 194 valence electrons. The number of rotatable bonds is 17. The van der Waals surface area contributed by atoms with E-state index in [0.29, 0.717) is 15.8 Å². The topological polar surface area (TPSA) is 30.5 Å². The van der Waals surface area contributed by atoms with E-state index in [0.717, 1.165) is 0 Å². The first-order valence-corrected chi connectivity index (χ1v) is 21.0. The Balaban J connectivity index is 0.000000622. The normalized spacial score (nSPS) is 13.0. The summed E-state index contributed by atoms with van der Waals surface area (Å²) in [5, 5.41) is 4.04. The van der Waals surface area contributed by atoms with E-state index >= 15 is 0 Å². The van der Waals surface area contributed by atoms with Crippen molar-refractivity contribution in [2.75, 3.05) is 24.4 Å². The molecule has 0 aliphatic rings. The van der Waals surface area contributed by atoms with Crippen LogP contribution in [0.2, 0.25) is 10.0 Å². The summed E-state index contributed by atoms with van der Waals surface area (Å²) >= 11 is 23.8. The number of benzene rings is 1. The van der Waals surface area contributed by atoms with E-state index in [1.54, 1.807) is 18.2 Å². The summed E-state index contributed by atoms with van der Waals surface area (Å²) in [6.45, 7) is 8.23. The lowest BCUT2D eigenvalue weighted by Gasteiger charge is -2.24.